The number of amides is 2. The Morgan fingerprint density at radius 1 is 0.923 bits per heavy atom. The molecule has 3 rings (SSSR count). The van der Waals surface area contributed by atoms with Crippen LogP contribution in [0.25, 0.3) is 0 Å². The summed E-state index contributed by atoms with van der Waals surface area (Å²) in [7, 11) is -4.20. The second-order valence-electron chi connectivity index (χ2n) is 10.4. The minimum absolute atomic E-state index is 0.00217. The van der Waals surface area contributed by atoms with Crippen LogP contribution in [0.2, 0.25) is 10.0 Å². The number of nitrogens with one attached hydrogen (secondary N) is 1. The fourth-order valence-electron chi connectivity index (χ4n) is 4.00. The minimum Gasteiger partial charge on any atom is -0.350 e. The van der Waals surface area contributed by atoms with Crippen LogP contribution in [0.1, 0.15) is 38.8 Å². The van der Waals surface area contributed by atoms with Gasteiger partial charge in [-0.25, -0.2) is 8.42 Å². The number of hydrogen-bond acceptors (Lipinski definition) is 4. The smallest absolute Gasteiger partial charge is 0.264 e. The lowest BCUT2D eigenvalue weighted by Gasteiger charge is -2.33. The number of rotatable bonds is 9. The maximum Gasteiger partial charge on any atom is 0.264 e. The molecule has 0 saturated heterocycles. The summed E-state index contributed by atoms with van der Waals surface area (Å²) in [6.07, 6.45) is 0. The van der Waals surface area contributed by atoms with Gasteiger partial charge in [0.15, 0.2) is 0 Å². The average molecular weight is 591 g/mol. The zero-order valence-corrected chi connectivity index (χ0v) is 24.9. The van der Waals surface area contributed by atoms with Crippen molar-refractivity contribution < 1.29 is 18.0 Å². The number of anilines is 1. The van der Waals surface area contributed by atoms with Crippen LogP contribution in [0.3, 0.4) is 0 Å². The van der Waals surface area contributed by atoms with Crippen molar-refractivity contribution in [3.63, 3.8) is 0 Å². The molecule has 0 aliphatic carbocycles. The molecule has 7 nitrogen and oxygen atoms in total. The van der Waals surface area contributed by atoms with Gasteiger partial charge in [0.25, 0.3) is 10.0 Å². The van der Waals surface area contributed by atoms with Crippen molar-refractivity contribution in [3.8, 4) is 0 Å². The van der Waals surface area contributed by atoms with Gasteiger partial charge in [0, 0.05) is 22.1 Å². The Labute approximate surface area is 240 Å². The predicted molar refractivity (Wildman–Crippen MR) is 157 cm³/mol. The standard InChI is InChI=1S/C29H33Cl2N3O4S/c1-20-10-9-11-22(14-20)18-33(21(2)28(36)32-29(3,4)5)27(35)19-34(25-16-23(30)15-24(31)17-25)39(37,38)26-12-7-6-8-13-26/h6-17,21H,18-19H2,1-5H3,(H,32,36)/t21-/m0/s1. The van der Waals surface area contributed by atoms with E-state index in [9.17, 15) is 18.0 Å². The number of hydrogen-bond donors (Lipinski definition) is 1. The van der Waals surface area contributed by atoms with Crippen LogP contribution in [0.4, 0.5) is 5.69 Å². The number of sulfonamides is 1. The third-order valence-corrected chi connectivity index (χ3v) is 8.07. The zero-order valence-electron chi connectivity index (χ0n) is 22.6. The molecule has 0 saturated carbocycles. The molecule has 208 valence electrons. The number of benzene rings is 3. The van der Waals surface area contributed by atoms with Gasteiger partial charge in [0.2, 0.25) is 11.8 Å². The molecule has 0 bridgehead atoms. The van der Waals surface area contributed by atoms with Gasteiger partial charge in [-0.2, -0.15) is 0 Å². The number of carbonyl (C=O) groups is 2. The Hall–Kier alpha value is -3.07. The molecule has 39 heavy (non-hydrogen) atoms. The van der Waals surface area contributed by atoms with Gasteiger partial charge in [-0.05, 0) is 70.5 Å². The SMILES string of the molecule is Cc1cccc(CN(C(=O)CN(c2cc(Cl)cc(Cl)c2)S(=O)(=O)c2ccccc2)[C@@H](C)C(=O)NC(C)(C)C)c1. The summed E-state index contributed by atoms with van der Waals surface area (Å²) in [6, 6.07) is 18.8. The van der Waals surface area contributed by atoms with Gasteiger partial charge in [-0.3, -0.25) is 13.9 Å². The predicted octanol–water partition coefficient (Wildman–Crippen LogP) is 5.83. The lowest BCUT2D eigenvalue weighted by Crippen LogP contribution is -2.54. The summed E-state index contributed by atoms with van der Waals surface area (Å²) in [6.45, 7) is 8.63. The Bertz CT molecular complexity index is 1420. The first-order valence-electron chi connectivity index (χ1n) is 12.4. The molecule has 0 fully saturated rings. The molecule has 0 spiro atoms. The van der Waals surface area contributed by atoms with Crippen LogP contribution in [0.5, 0.6) is 0 Å². The molecule has 0 aliphatic rings. The van der Waals surface area contributed by atoms with E-state index in [1.54, 1.807) is 25.1 Å². The molecular weight excluding hydrogens is 557 g/mol. The van der Waals surface area contributed by atoms with Crippen molar-refractivity contribution in [1.82, 2.24) is 10.2 Å². The van der Waals surface area contributed by atoms with Crippen LogP contribution in [-0.2, 0) is 26.2 Å². The summed E-state index contributed by atoms with van der Waals surface area (Å²) in [4.78, 5) is 28.5. The maximum absolute atomic E-state index is 13.9. The summed E-state index contributed by atoms with van der Waals surface area (Å²) < 4.78 is 28.6. The van der Waals surface area contributed by atoms with Crippen LogP contribution in [-0.4, -0.2) is 43.3 Å². The van der Waals surface area contributed by atoms with E-state index in [0.29, 0.717) is 0 Å². The van der Waals surface area contributed by atoms with Crippen molar-refractivity contribution in [1.29, 1.82) is 0 Å². The number of aryl methyl sites for hydroxylation is 1. The van der Waals surface area contributed by atoms with Gasteiger partial charge < -0.3 is 10.2 Å². The lowest BCUT2D eigenvalue weighted by atomic mass is 10.1. The third-order valence-electron chi connectivity index (χ3n) is 5.85. The van der Waals surface area contributed by atoms with Crippen LogP contribution in [0.15, 0.2) is 77.7 Å². The lowest BCUT2D eigenvalue weighted by molar-refractivity contribution is -0.140. The number of carbonyl (C=O) groups excluding carboxylic acids is 2. The Morgan fingerprint density at radius 2 is 1.54 bits per heavy atom. The highest BCUT2D eigenvalue weighted by molar-refractivity contribution is 7.92. The van der Waals surface area contributed by atoms with E-state index in [2.05, 4.69) is 5.32 Å². The largest absolute Gasteiger partial charge is 0.350 e. The molecule has 3 aromatic rings. The van der Waals surface area contributed by atoms with Gasteiger partial charge in [0.1, 0.15) is 12.6 Å². The first-order chi connectivity index (χ1) is 18.2. The fourth-order valence-corrected chi connectivity index (χ4v) is 5.93. The summed E-state index contributed by atoms with van der Waals surface area (Å²) in [5, 5.41) is 3.34. The van der Waals surface area contributed by atoms with Crippen LogP contribution < -0.4 is 9.62 Å². The molecule has 1 N–H and O–H groups in total. The third kappa shape index (κ3) is 8.21. The molecule has 0 unspecified atom stereocenters. The van der Waals surface area contributed by atoms with E-state index >= 15 is 0 Å². The van der Waals surface area contributed by atoms with Crippen molar-refractivity contribution >= 4 is 50.7 Å². The highest BCUT2D eigenvalue weighted by Gasteiger charge is 2.33. The molecule has 3 aromatic carbocycles. The zero-order chi connectivity index (χ0) is 29.0. The molecule has 2 amide bonds. The highest BCUT2D eigenvalue weighted by atomic mass is 35.5. The molecule has 0 aliphatic heterocycles. The topological polar surface area (TPSA) is 86.8 Å². The van der Waals surface area contributed by atoms with E-state index in [1.807, 2.05) is 52.0 Å². The first kappa shape index (κ1) is 30.5. The van der Waals surface area contributed by atoms with Gasteiger partial charge in [0.05, 0.1) is 10.6 Å². The summed E-state index contributed by atoms with van der Waals surface area (Å²) in [5.41, 5.74) is 1.41. The number of nitrogens with zero attached hydrogens (tertiary/aromatic N) is 2. The second kappa shape index (κ2) is 12.4. The van der Waals surface area contributed by atoms with Crippen molar-refractivity contribution in [2.75, 3.05) is 10.8 Å². The quantitative estimate of drug-likeness (QED) is 0.340. The summed E-state index contributed by atoms with van der Waals surface area (Å²) in [5.74, 6) is -0.921. The molecular formula is C29H33Cl2N3O4S. The molecule has 0 aromatic heterocycles. The van der Waals surface area contributed by atoms with Gasteiger partial charge >= 0.3 is 0 Å². The van der Waals surface area contributed by atoms with Gasteiger partial charge in [-0.15, -0.1) is 0 Å². The van der Waals surface area contributed by atoms with E-state index in [0.717, 1.165) is 15.4 Å². The molecule has 1 atom stereocenters. The van der Waals surface area contributed by atoms with E-state index < -0.39 is 34.1 Å². The average Bonchev–Trinajstić information content (AvgIpc) is 2.84. The maximum atomic E-state index is 13.9. The monoisotopic (exact) mass is 589 g/mol. The Morgan fingerprint density at radius 3 is 2.10 bits per heavy atom. The van der Waals surface area contributed by atoms with Crippen molar-refractivity contribution in [2.45, 2.75) is 57.6 Å². The van der Waals surface area contributed by atoms with Crippen LogP contribution in [0, 0.1) is 6.92 Å². The van der Waals surface area contributed by atoms with Crippen LogP contribution >= 0.6 is 23.2 Å². The normalized spacial score (nSPS) is 12.5. The minimum atomic E-state index is -4.20. The number of halogens is 2. The fraction of sp³-hybridized carbons (Fsp3) is 0.310. The van der Waals surface area contributed by atoms with E-state index in [4.69, 9.17) is 23.2 Å². The van der Waals surface area contributed by atoms with E-state index in [1.165, 1.54) is 35.2 Å². The Kier molecular flexibility index (Phi) is 9.69. The summed E-state index contributed by atoms with van der Waals surface area (Å²) >= 11 is 12.4. The highest BCUT2D eigenvalue weighted by Crippen LogP contribution is 2.30. The second-order valence-corrected chi connectivity index (χ2v) is 13.1. The van der Waals surface area contributed by atoms with E-state index in [-0.39, 0.29) is 33.1 Å². The van der Waals surface area contributed by atoms with Crippen molar-refractivity contribution in [2.24, 2.45) is 0 Å². The first-order valence-corrected chi connectivity index (χ1v) is 14.6. The molecule has 0 heterocycles. The Balaban J connectivity index is 2.06. The van der Waals surface area contributed by atoms with Gasteiger partial charge in [-0.1, -0.05) is 71.2 Å². The molecule has 10 heteroatoms. The molecule has 0 radical (unpaired) electrons. The van der Waals surface area contributed by atoms with Crippen molar-refractivity contribution in [3.05, 3.63) is 94.0 Å².